The number of amides is 1. The van der Waals surface area contributed by atoms with Gasteiger partial charge >= 0.3 is 5.76 Å². The third-order valence-electron chi connectivity index (χ3n) is 2.87. The summed E-state index contributed by atoms with van der Waals surface area (Å²) < 4.78 is 19.5. The van der Waals surface area contributed by atoms with Gasteiger partial charge in [0.2, 0.25) is 5.91 Å². The molecule has 1 aromatic carbocycles. The molecular weight excluding hydrogens is 277 g/mol. The summed E-state index contributed by atoms with van der Waals surface area (Å²) in [5.74, 6) is -1.78. The van der Waals surface area contributed by atoms with Crippen molar-refractivity contribution in [1.82, 2.24) is 9.55 Å². The van der Waals surface area contributed by atoms with E-state index in [1.165, 1.54) is 24.4 Å². The molecule has 0 aliphatic carbocycles. The summed E-state index contributed by atoms with van der Waals surface area (Å²) in [5, 5.41) is 2.40. The van der Waals surface area contributed by atoms with Crippen molar-refractivity contribution in [3.8, 4) is 0 Å². The van der Waals surface area contributed by atoms with Crippen LogP contribution in [0, 0.1) is 5.82 Å². The maximum Gasteiger partial charge on any atom is 0.421 e. The van der Waals surface area contributed by atoms with Crippen LogP contribution in [0.2, 0.25) is 0 Å². The van der Waals surface area contributed by atoms with Crippen LogP contribution in [0.1, 0.15) is 0 Å². The van der Waals surface area contributed by atoms with Gasteiger partial charge < -0.3 is 9.73 Å². The SMILES string of the molecule is O=C(Cn1c(=O)oc2cccnc21)Nc1ccccc1F. The third kappa shape index (κ3) is 2.53. The molecule has 0 radical (unpaired) electrons. The lowest BCUT2D eigenvalue weighted by Crippen LogP contribution is -2.25. The van der Waals surface area contributed by atoms with E-state index in [2.05, 4.69) is 10.3 Å². The molecule has 6 nitrogen and oxygen atoms in total. The predicted octanol–water partition coefficient (Wildman–Crippen LogP) is 1.77. The molecule has 1 amide bonds. The first kappa shape index (κ1) is 13.0. The number of carbonyl (C=O) groups is 1. The van der Waals surface area contributed by atoms with E-state index >= 15 is 0 Å². The van der Waals surface area contributed by atoms with Crippen molar-refractivity contribution in [2.24, 2.45) is 0 Å². The number of nitrogens with zero attached hydrogens (tertiary/aromatic N) is 2. The molecule has 0 atom stereocenters. The van der Waals surface area contributed by atoms with Crippen LogP contribution in [0.15, 0.2) is 51.8 Å². The standard InChI is InChI=1S/C14H10FN3O3/c15-9-4-1-2-5-10(9)17-12(19)8-18-13-11(21-14(18)20)6-3-7-16-13/h1-7H,8H2,(H,17,19). The Kier molecular flexibility index (Phi) is 3.23. The quantitative estimate of drug-likeness (QED) is 0.796. The molecule has 106 valence electrons. The number of benzene rings is 1. The predicted molar refractivity (Wildman–Crippen MR) is 73.3 cm³/mol. The molecule has 7 heteroatoms. The number of pyridine rings is 1. The molecule has 2 aromatic heterocycles. The number of rotatable bonds is 3. The van der Waals surface area contributed by atoms with E-state index in [4.69, 9.17) is 4.42 Å². The van der Waals surface area contributed by atoms with Crippen molar-refractivity contribution in [3.05, 3.63) is 59.0 Å². The highest BCUT2D eigenvalue weighted by Crippen LogP contribution is 2.13. The van der Waals surface area contributed by atoms with Gasteiger partial charge in [-0.25, -0.2) is 18.7 Å². The second kappa shape index (κ2) is 5.20. The van der Waals surface area contributed by atoms with Gasteiger partial charge in [-0.1, -0.05) is 12.1 Å². The van der Waals surface area contributed by atoms with E-state index in [1.54, 1.807) is 18.2 Å². The molecule has 0 saturated heterocycles. The Morgan fingerprint density at radius 1 is 1.29 bits per heavy atom. The number of aromatic nitrogens is 2. The minimum atomic E-state index is -0.688. The number of hydrogen-bond donors (Lipinski definition) is 1. The summed E-state index contributed by atoms with van der Waals surface area (Å²) in [4.78, 5) is 27.6. The number of fused-ring (bicyclic) bond motifs is 1. The number of para-hydroxylation sites is 1. The maximum absolute atomic E-state index is 13.4. The van der Waals surface area contributed by atoms with Crippen LogP contribution in [0.5, 0.6) is 0 Å². The highest BCUT2D eigenvalue weighted by molar-refractivity contribution is 5.91. The minimum absolute atomic E-state index is 0.0521. The number of anilines is 1. The van der Waals surface area contributed by atoms with E-state index in [1.807, 2.05) is 0 Å². The maximum atomic E-state index is 13.4. The molecule has 0 fully saturated rings. The molecule has 3 aromatic rings. The molecule has 0 saturated carbocycles. The summed E-state index contributed by atoms with van der Waals surface area (Å²) in [6.45, 7) is -0.308. The molecule has 3 rings (SSSR count). The summed E-state index contributed by atoms with van der Waals surface area (Å²) in [7, 11) is 0. The van der Waals surface area contributed by atoms with Gasteiger partial charge in [0.25, 0.3) is 0 Å². The first-order valence-corrected chi connectivity index (χ1v) is 6.14. The zero-order chi connectivity index (χ0) is 14.8. The van der Waals surface area contributed by atoms with Crippen molar-refractivity contribution >= 4 is 22.8 Å². The van der Waals surface area contributed by atoms with Crippen LogP contribution in [0.25, 0.3) is 11.2 Å². The molecule has 0 spiro atoms. The highest BCUT2D eigenvalue weighted by atomic mass is 19.1. The van der Waals surface area contributed by atoms with Crippen LogP contribution in [0.4, 0.5) is 10.1 Å². The summed E-state index contributed by atoms with van der Waals surface area (Å²) in [5.41, 5.74) is 0.615. The van der Waals surface area contributed by atoms with Gasteiger partial charge in [-0.05, 0) is 24.3 Å². The Morgan fingerprint density at radius 2 is 2.10 bits per heavy atom. The summed E-state index contributed by atoms with van der Waals surface area (Å²) in [6.07, 6.45) is 1.49. The van der Waals surface area contributed by atoms with Crippen molar-refractivity contribution in [1.29, 1.82) is 0 Å². The molecule has 0 unspecified atom stereocenters. The van der Waals surface area contributed by atoms with Crippen molar-refractivity contribution in [2.75, 3.05) is 5.32 Å². The molecule has 0 aliphatic rings. The number of hydrogen-bond acceptors (Lipinski definition) is 4. The van der Waals surface area contributed by atoms with Crippen LogP contribution >= 0.6 is 0 Å². The van der Waals surface area contributed by atoms with Crippen LogP contribution in [0.3, 0.4) is 0 Å². The topological polar surface area (TPSA) is 77.1 Å². The Labute approximate surface area is 117 Å². The van der Waals surface area contributed by atoms with Crippen LogP contribution in [-0.4, -0.2) is 15.5 Å². The largest absolute Gasteiger partial charge is 0.421 e. The molecule has 1 N–H and O–H groups in total. The fraction of sp³-hybridized carbons (Fsp3) is 0.0714. The Hall–Kier alpha value is -2.96. The average molecular weight is 287 g/mol. The van der Waals surface area contributed by atoms with E-state index in [0.29, 0.717) is 5.58 Å². The second-order valence-corrected chi connectivity index (χ2v) is 4.31. The van der Waals surface area contributed by atoms with Crippen molar-refractivity contribution in [3.63, 3.8) is 0 Å². The van der Waals surface area contributed by atoms with Crippen LogP contribution in [-0.2, 0) is 11.3 Å². The third-order valence-corrected chi connectivity index (χ3v) is 2.87. The van der Waals surface area contributed by atoms with E-state index in [9.17, 15) is 14.0 Å². The van der Waals surface area contributed by atoms with Gasteiger partial charge in [-0.3, -0.25) is 4.79 Å². The fourth-order valence-electron chi connectivity index (χ4n) is 1.94. The Balaban J connectivity index is 1.86. The molecule has 2 heterocycles. The second-order valence-electron chi connectivity index (χ2n) is 4.31. The van der Waals surface area contributed by atoms with Gasteiger partial charge in [0, 0.05) is 6.20 Å². The lowest BCUT2D eigenvalue weighted by atomic mass is 10.3. The lowest BCUT2D eigenvalue weighted by molar-refractivity contribution is -0.116. The number of nitrogens with one attached hydrogen (secondary N) is 1. The van der Waals surface area contributed by atoms with E-state index in [-0.39, 0.29) is 17.9 Å². The zero-order valence-corrected chi connectivity index (χ0v) is 10.7. The summed E-state index contributed by atoms with van der Waals surface area (Å²) in [6, 6.07) is 8.98. The van der Waals surface area contributed by atoms with Gasteiger partial charge in [0.15, 0.2) is 11.2 Å². The molecular formula is C14H10FN3O3. The molecule has 0 aliphatic heterocycles. The fourth-order valence-corrected chi connectivity index (χ4v) is 1.94. The smallest absolute Gasteiger partial charge is 0.406 e. The van der Waals surface area contributed by atoms with E-state index in [0.717, 1.165) is 4.57 Å². The van der Waals surface area contributed by atoms with Crippen molar-refractivity contribution in [2.45, 2.75) is 6.54 Å². The van der Waals surface area contributed by atoms with E-state index < -0.39 is 17.5 Å². The Morgan fingerprint density at radius 3 is 2.90 bits per heavy atom. The number of oxazole rings is 1. The van der Waals surface area contributed by atoms with Gasteiger partial charge in [0.1, 0.15) is 12.4 Å². The Bertz CT molecular complexity index is 869. The van der Waals surface area contributed by atoms with Gasteiger partial charge in [-0.15, -0.1) is 0 Å². The minimum Gasteiger partial charge on any atom is -0.406 e. The van der Waals surface area contributed by atoms with Crippen molar-refractivity contribution < 1.29 is 13.6 Å². The highest BCUT2D eigenvalue weighted by Gasteiger charge is 2.14. The molecule has 21 heavy (non-hydrogen) atoms. The lowest BCUT2D eigenvalue weighted by Gasteiger charge is -2.06. The first-order valence-electron chi connectivity index (χ1n) is 6.14. The van der Waals surface area contributed by atoms with Gasteiger partial charge in [-0.2, -0.15) is 0 Å². The van der Waals surface area contributed by atoms with Crippen LogP contribution < -0.4 is 11.1 Å². The molecule has 0 bridgehead atoms. The zero-order valence-electron chi connectivity index (χ0n) is 10.7. The number of carbonyl (C=O) groups excluding carboxylic acids is 1. The normalized spacial score (nSPS) is 10.7. The number of halogens is 1. The average Bonchev–Trinajstić information content (AvgIpc) is 2.78. The first-order chi connectivity index (χ1) is 10.1. The monoisotopic (exact) mass is 287 g/mol. The van der Waals surface area contributed by atoms with Gasteiger partial charge in [0.05, 0.1) is 5.69 Å². The summed E-state index contributed by atoms with van der Waals surface area (Å²) >= 11 is 0.